The van der Waals surface area contributed by atoms with Gasteiger partial charge in [0.15, 0.2) is 0 Å². The van der Waals surface area contributed by atoms with Crippen LogP contribution in [0.15, 0.2) is 22.7 Å². The molecule has 0 radical (unpaired) electrons. The Labute approximate surface area is 98.4 Å². The van der Waals surface area contributed by atoms with Crippen molar-refractivity contribution >= 4 is 15.9 Å². The molecule has 0 spiro atoms. The molecule has 1 fully saturated rings. The molecule has 1 aliphatic carbocycles. The average Bonchev–Trinajstić information content (AvgIpc) is 3.04. The van der Waals surface area contributed by atoms with E-state index in [1.807, 2.05) is 25.1 Å². The van der Waals surface area contributed by atoms with Crippen molar-refractivity contribution in [2.45, 2.75) is 31.8 Å². The van der Waals surface area contributed by atoms with Crippen LogP contribution in [-0.2, 0) is 0 Å². The van der Waals surface area contributed by atoms with E-state index in [1.165, 1.54) is 12.8 Å². The molecule has 0 aliphatic heterocycles. The van der Waals surface area contributed by atoms with Crippen LogP contribution in [0.5, 0.6) is 5.75 Å². The first-order chi connectivity index (χ1) is 7.20. The van der Waals surface area contributed by atoms with Crippen molar-refractivity contribution in [3.8, 4) is 5.75 Å². The van der Waals surface area contributed by atoms with Crippen molar-refractivity contribution in [1.29, 1.82) is 0 Å². The third kappa shape index (κ3) is 2.73. The van der Waals surface area contributed by atoms with E-state index in [-0.39, 0.29) is 12.5 Å². The average molecular weight is 271 g/mol. The Bertz CT molecular complexity index is 347. The first-order valence-electron chi connectivity index (χ1n) is 5.27. The molecule has 1 aliphatic rings. The van der Waals surface area contributed by atoms with Crippen LogP contribution < -0.4 is 4.74 Å². The largest absolute Gasteiger partial charge is 0.489 e. The summed E-state index contributed by atoms with van der Waals surface area (Å²) in [5, 5.41) is 9.06. The van der Waals surface area contributed by atoms with Crippen LogP contribution in [0.3, 0.4) is 0 Å². The van der Waals surface area contributed by atoms with Gasteiger partial charge in [0, 0.05) is 12.5 Å². The number of aliphatic hydroxyl groups excluding tert-OH is 1. The van der Waals surface area contributed by atoms with E-state index in [9.17, 15) is 0 Å². The van der Waals surface area contributed by atoms with E-state index in [1.54, 1.807) is 0 Å². The highest BCUT2D eigenvalue weighted by Gasteiger charge is 2.24. The normalized spacial score (nSPS) is 17.5. The minimum Gasteiger partial charge on any atom is -0.489 e. The number of ether oxygens (including phenoxy) is 1. The summed E-state index contributed by atoms with van der Waals surface area (Å²) in [6, 6.07) is 6.02. The fourth-order valence-corrected chi connectivity index (χ4v) is 1.88. The van der Waals surface area contributed by atoms with Gasteiger partial charge >= 0.3 is 0 Å². The minimum absolute atomic E-state index is 0.176. The molecular weight excluding hydrogens is 256 g/mol. The van der Waals surface area contributed by atoms with E-state index in [0.29, 0.717) is 6.10 Å². The molecule has 0 heterocycles. The van der Waals surface area contributed by atoms with Gasteiger partial charge < -0.3 is 9.84 Å². The molecule has 1 aromatic rings. The summed E-state index contributed by atoms with van der Waals surface area (Å²) in [5.74, 6) is 1.09. The minimum atomic E-state index is 0.176. The Hall–Kier alpha value is -0.540. The van der Waals surface area contributed by atoms with Gasteiger partial charge in [0.1, 0.15) is 5.75 Å². The molecule has 0 saturated heterocycles. The molecule has 0 bridgehead atoms. The zero-order valence-corrected chi connectivity index (χ0v) is 10.3. The van der Waals surface area contributed by atoms with Gasteiger partial charge in [-0.3, -0.25) is 0 Å². The summed E-state index contributed by atoms with van der Waals surface area (Å²) < 4.78 is 6.69. The Balaban J connectivity index is 2.13. The Morgan fingerprint density at radius 3 is 2.80 bits per heavy atom. The number of halogens is 1. The van der Waals surface area contributed by atoms with Crippen molar-refractivity contribution < 1.29 is 9.84 Å². The lowest BCUT2D eigenvalue weighted by Gasteiger charge is -2.12. The lowest BCUT2D eigenvalue weighted by Crippen LogP contribution is -2.01. The van der Waals surface area contributed by atoms with Gasteiger partial charge in [0.05, 0.1) is 10.6 Å². The summed E-state index contributed by atoms with van der Waals surface area (Å²) in [6.07, 6.45) is 2.75. The maximum Gasteiger partial charge on any atom is 0.133 e. The fraction of sp³-hybridized carbons (Fsp3) is 0.500. The van der Waals surface area contributed by atoms with Crippen molar-refractivity contribution in [3.05, 3.63) is 28.2 Å². The van der Waals surface area contributed by atoms with E-state index in [0.717, 1.165) is 15.8 Å². The fourth-order valence-electron chi connectivity index (χ4n) is 1.39. The number of aliphatic hydroxyl groups is 1. The molecule has 0 aromatic heterocycles. The van der Waals surface area contributed by atoms with Crippen molar-refractivity contribution in [3.63, 3.8) is 0 Å². The van der Waals surface area contributed by atoms with Crippen LogP contribution >= 0.6 is 15.9 Å². The molecule has 2 rings (SSSR count). The third-order valence-corrected chi connectivity index (χ3v) is 3.24. The molecule has 0 amide bonds. The van der Waals surface area contributed by atoms with E-state index < -0.39 is 0 Å². The molecular formula is C12H15BrO2. The van der Waals surface area contributed by atoms with Gasteiger partial charge in [-0.2, -0.15) is 0 Å². The zero-order valence-electron chi connectivity index (χ0n) is 8.74. The van der Waals surface area contributed by atoms with Crippen LogP contribution in [0.4, 0.5) is 0 Å². The monoisotopic (exact) mass is 270 g/mol. The number of hydrogen-bond donors (Lipinski definition) is 1. The highest BCUT2D eigenvalue weighted by atomic mass is 79.9. The molecule has 1 aromatic carbocycles. The summed E-state index contributed by atoms with van der Waals surface area (Å²) in [7, 11) is 0. The van der Waals surface area contributed by atoms with Crippen molar-refractivity contribution in [1.82, 2.24) is 0 Å². The van der Waals surface area contributed by atoms with Crippen LogP contribution in [-0.4, -0.2) is 17.8 Å². The maximum atomic E-state index is 9.06. The van der Waals surface area contributed by atoms with Gasteiger partial charge in [-0.1, -0.05) is 13.0 Å². The van der Waals surface area contributed by atoms with Gasteiger partial charge in [0.25, 0.3) is 0 Å². The van der Waals surface area contributed by atoms with E-state index in [4.69, 9.17) is 9.84 Å². The third-order valence-electron chi connectivity index (χ3n) is 2.62. The molecule has 82 valence electrons. The predicted molar refractivity (Wildman–Crippen MR) is 63.3 cm³/mol. The lowest BCUT2D eigenvalue weighted by molar-refractivity contribution is 0.272. The molecule has 3 heteroatoms. The highest BCUT2D eigenvalue weighted by molar-refractivity contribution is 9.10. The highest BCUT2D eigenvalue weighted by Crippen LogP contribution is 2.33. The first-order valence-corrected chi connectivity index (χ1v) is 6.07. The summed E-state index contributed by atoms with van der Waals surface area (Å²) in [4.78, 5) is 0. The summed E-state index contributed by atoms with van der Waals surface area (Å²) in [5.41, 5.74) is 1.13. The topological polar surface area (TPSA) is 29.5 Å². The van der Waals surface area contributed by atoms with Gasteiger partial charge in [0.2, 0.25) is 0 Å². The second kappa shape index (κ2) is 4.54. The molecule has 1 N–H and O–H groups in total. The number of benzene rings is 1. The van der Waals surface area contributed by atoms with Crippen molar-refractivity contribution in [2.24, 2.45) is 0 Å². The number of hydrogen-bond acceptors (Lipinski definition) is 2. The van der Waals surface area contributed by atoms with E-state index >= 15 is 0 Å². The maximum absolute atomic E-state index is 9.06. The molecule has 1 saturated carbocycles. The predicted octanol–water partition coefficient (Wildman–Crippen LogP) is 3.09. The van der Waals surface area contributed by atoms with Crippen LogP contribution in [0, 0.1) is 0 Å². The van der Waals surface area contributed by atoms with Crippen LogP contribution in [0.25, 0.3) is 0 Å². The van der Waals surface area contributed by atoms with Gasteiger partial charge in [-0.15, -0.1) is 0 Å². The standard InChI is InChI=1S/C12H15BrO2/c1-8(7-14)9-2-5-12(11(13)6-9)15-10-3-4-10/h2,5-6,8,10,14H,3-4,7H2,1H3. The zero-order chi connectivity index (χ0) is 10.8. The van der Waals surface area contributed by atoms with E-state index in [2.05, 4.69) is 15.9 Å². The van der Waals surface area contributed by atoms with Crippen LogP contribution in [0.1, 0.15) is 31.2 Å². The smallest absolute Gasteiger partial charge is 0.133 e. The van der Waals surface area contributed by atoms with Gasteiger partial charge in [-0.25, -0.2) is 0 Å². The second-order valence-electron chi connectivity index (χ2n) is 4.09. The Kier molecular flexibility index (Phi) is 3.32. The Morgan fingerprint density at radius 2 is 2.27 bits per heavy atom. The molecule has 1 atom stereocenters. The molecule has 1 unspecified atom stereocenters. The lowest BCUT2D eigenvalue weighted by atomic mass is 10.0. The summed E-state index contributed by atoms with van der Waals surface area (Å²) >= 11 is 3.49. The van der Waals surface area contributed by atoms with Crippen LogP contribution in [0.2, 0.25) is 0 Å². The SMILES string of the molecule is CC(CO)c1ccc(OC2CC2)c(Br)c1. The summed E-state index contributed by atoms with van der Waals surface area (Å²) in [6.45, 7) is 2.18. The quantitative estimate of drug-likeness (QED) is 0.911. The molecule has 15 heavy (non-hydrogen) atoms. The molecule has 2 nitrogen and oxygen atoms in total. The van der Waals surface area contributed by atoms with Gasteiger partial charge in [-0.05, 0) is 46.5 Å². The number of rotatable bonds is 4. The Morgan fingerprint density at radius 1 is 1.53 bits per heavy atom. The van der Waals surface area contributed by atoms with Crippen molar-refractivity contribution in [2.75, 3.05) is 6.61 Å². The second-order valence-corrected chi connectivity index (χ2v) is 4.95. The first kappa shape index (κ1) is 11.0.